The number of nitrogens with two attached hydrogens (primary N) is 1. The zero-order valence-corrected chi connectivity index (χ0v) is 12.5. The number of ether oxygens (including phenoxy) is 1. The van der Waals surface area contributed by atoms with Crippen LogP contribution in [0.15, 0.2) is 47.3 Å². The number of imidazole rings is 1. The number of aromatic nitrogens is 4. The molecule has 23 heavy (non-hydrogen) atoms. The fraction of sp³-hybridized carbons (Fsp3) is 0.188. The van der Waals surface area contributed by atoms with E-state index in [1.54, 1.807) is 29.2 Å². The van der Waals surface area contributed by atoms with Gasteiger partial charge in [-0.1, -0.05) is 0 Å². The first kappa shape index (κ1) is 13.7. The van der Waals surface area contributed by atoms with Gasteiger partial charge in [-0.05, 0) is 25.1 Å². The van der Waals surface area contributed by atoms with Gasteiger partial charge in [0.25, 0.3) is 0 Å². The third-order valence-electron chi connectivity index (χ3n) is 3.40. The monoisotopic (exact) mass is 309 g/mol. The molecule has 0 amide bonds. The molecule has 0 aliphatic rings. The second-order valence-electron chi connectivity index (χ2n) is 5.40. The molecule has 0 aliphatic heterocycles. The summed E-state index contributed by atoms with van der Waals surface area (Å²) in [5, 5.41) is 5.39. The first-order chi connectivity index (χ1) is 11.2. The van der Waals surface area contributed by atoms with Crippen molar-refractivity contribution in [2.24, 2.45) is 5.73 Å². The van der Waals surface area contributed by atoms with Crippen molar-refractivity contribution in [1.29, 1.82) is 0 Å². The van der Waals surface area contributed by atoms with E-state index in [1.807, 2.05) is 25.1 Å². The number of furan rings is 1. The summed E-state index contributed by atoms with van der Waals surface area (Å²) in [6.45, 7) is 2.28. The maximum atomic E-state index is 5.86. The largest absolute Gasteiger partial charge is 0.475 e. The Morgan fingerprint density at radius 3 is 3.04 bits per heavy atom. The summed E-state index contributed by atoms with van der Waals surface area (Å²) in [6, 6.07) is 7.31. The number of pyridine rings is 1. The number of fused-ring (bicyclic) bond motifs is 2. The molecule has 0 spiro atoms. The van der Waals surface area contributed by atoms with Gasteiger partial charge in [-0.25, -0.2) is 9.50 Å². The Labute approximate surface area is 131 Å². The molecule has 0 aliphatic carbocycles. The lowest BCUT2D eigenvalue weighted by molar-refractivity contribution is 0.281. The summed E-state index contributed by atoms with van der Waals surface area (Å²) in [5.74, 6) is 1.17. The molecule has 0 saturated heterocycles. The lowest BCUT2D eigenvalue weighted by Crippen LogP contribution is -2.24. The Balaban J connectivity index is 1.78. The van der Waals surface area contributed by atoms with Gasteiger partial charge < -0.3 is 14.9 Å². The van der Waals surface area contributed by atoms with Crippen LogP contribution in [-0.2, 0) is 0 Å². The van der Waals surface area contributed by atoms with Crippen molar-refractivity contribution in [2.45, 2.75) is 13.0 Å². The Hall–Kier alpha value is -2.93. The second kappa shape index (κ2) is 5.36. The van der Waals surface area contributed by atoms with Gasteiger partial charge in [-0.15, -0.1) is 5.10 Å². The van der Waals surface area contributed by atoms with E-state index in [-0.39, 0.29) is 6.04 Å². The third kappa shape index (κ3) is 2.51. The highest BCUT2D eigenvalue weighted by molar-refractivity contribution is 5.81. The first-order valence-corrected chi connectivity index (χ1v) is 7.28. The minimum atomic E-state index is -0.0578. The fourth-order valence-electron chi connectivity index (χ4n) is 2.33. The highest BCUT2D eigenvalue weighted by Crippen LogP contribution is 2.27. The van der Waals surface area contributed by atoms with Gasteiger partial charge in [0, 0.05) is 29.9 Å². The van der Waals surface area contributed by atoms with Crippen LogP contribution in [0, 0.1) is 0 Å². The summed E-state index contributed by atoms with van der Waals surface area (Å²) in [6.07, 6.45) is 5.18. The lowest BCUT2D eigenvalue weighted by Gasteiger charge is -2.08. The molecular formula is C16H15N5O2. The maximum Gasteiger partial charge on any atom is 0.231 e. The van der Waals surface area contributed by atoms with Crippen molar-refractivity contribution in [3.63, 3.8) is 0 Å². The van der Waals surface area contributed by atoms with E-state index in [0.717, 1.165) is 16.7 Å². The van der Waals surface area contributed by atoms with Crippen molar-refractivity contribution in [3.8, 4) is 17.3 Å². The van der Waals surface area contributed by atoms with Gasteiger partial charge in [0.15, 0.2) is 11.4 Å². The van der Waals surface area contributed by atoms with E-state index < -0.39 is 0 Å². The molecule has 0 saturated carbocycles. The van der Waals surface area contributed by atoms with Crippen LogP contribution in [0.25, 0.3) is 28.1 Å². The zero-order chi connectivity index (χ0) is 15.8. The minimum Gasteiger partial charge on any atom is -0.475 e. The average molecular weight is 309 g/mol. The molecule has 116 valence electrons. The van der Waals surface area contributed by atoms with E-state index in [2.05, 4.69) is 15.1 Å². The Morgan fingerprint density at radius 1 is 1.30 bits per heavy atom. The van der Waals surface area contributed by atoms with Crippen LogP contribution in [0.4, 0.5) is 0 Å². The van der Waals surface area contributed by atoms with E-state index in [1.165, 1.54) is 0 Å². The first-order valence-electron chi connectivity index (χ1n) is 7.28. The van der Waals surface area contributed by atoms with E-state index >= 15 is 0 Å². The number of rotatable bonds is 4. The lowest BCUT2D eigenvalue weighted by atomic mass is 10.3. The summed E-state index contributed by atoms with van der Waals surface area (Å²) in [5.41, 5.74) is 7.94. The molecular weight excluding hydrogens is 294 g/mol. The van der Waals surface area contributed by atoms with Crippen LogP contribution < -0.4 is 10.5 Å². The number of nitrogens with zero attached hydrogens (tertiary/aromatic N) is 4. The van der Waals surface area contributed by atoms with Crippen LogP contribution in [0.3, 0.4) is 0 Å². The van der Waals surface area contributed by atoms with Crippen molar-refractivity contribution < 1.29 is 9.15 Å². The molecule has 1 atom stereocenters. The molecule has 0 fully saturated rings. The summed E-state index contributed by atoms with van der Waals surface area (Å²) in [7, 11) is 0. The van der Waals surface area contributed by atoms with E-state index in [4.69, 9.17) is 14.9 Å². The number of hydrogen-bond acceptors (Lipinski definition) is 6. The predicted octanol–water partition coefficient (Wildman–Crippen LogP) is 2.26. The van der Waals surface area contributed by atoms with Crippen LogP contribution >= 0.6 is 0 Å². The highest BCUT2D eigenvalue weighted by atomic mass is 16.5. The van der Waals surface area contributed by atoms with Gasteiger partial charge in [0.05, 0.1) is 6.20 Å². The molecule has 4 rings (SSSR count). The molecule has 4 aromatic heterocycles. The summed E-state index contributed by atoms with van der Waals surface area (Å²) in [4.78, 5) is 8.44. The third-order valence-corrected chi connectivity index (χ3v) is 3.40. The Morgan fingerprint density at radius 2 is 2.22 bits per heavy atom. The van der Waals surface area contributed by atoms with Crippen molar-refractivity contribution in [3.05, 3.63) is 42.9 Å². The standard InChI is InChI=1S/C16H15N5O2/c1-10(17)9-22-16-3-2-15-19-8-12(21(15)20-16)14-6-11-7-18-5-4-13(11)23-14/h2-8,10H,9,17H2,1H3/t10-/m1/s1. The average Bonchev–Trinajstić information content (AvgIpc) is 3.15. The molecule has 4 aromatic rings. The maximum absolute atomic E-state index is 5.86. The second-order valence-corrected chi connectivity index (χ2v) is 5.40. The van der Waals surface area contributed by atoms with Gasteiger partial charge in [-0.2, -0.15) is 0 Å². The smallest absolute Gasteiger partial charge is 0.231 e. The minimum absolute atomic E-state index is 0.0578. The van der Waals surface area contributed by atoms with Crippen LogP contribution in [0.2, 0.25) is 0 Å². The Bertz CT molecular complexity index is 940. The summed E-state index contributed by atoms with van der Waals surface area (Å²) < 4.78 is 13.1. The molecule has 0 aromatic carbocycles. The molecule has 0 bridgehead atoms. The molecule has 7 heteroatoms. The molecule has 0 radical (unpaired) electrons. The fourth-order valence-corrected chi connectivity index (χ4v) is 2.33. The quantitative estimate of drug-likeness (QED) is 0.621. The van der Waals surface area contributed by atoms with Gasteiger partial charge in [0.2, 0.25) is 5.88 Å². The van der Waals surface area contributed by atoms with Gasteiger partial charge >= 0.3 is 0 Å². The van der Waals surface area contributed by atoms with E-state index in [0.29, 0.717) is 23.9 Å². The van der Waals surface area contributed by atoms with Crippen LogP contribution in [0.1, 0.15) is 6.92 Å². The van der Waals surface area contributed by atoms with Crippen molar-refractivity contribution in [2.75, 3.05) is 6.61 Å². The van der Waals surface area contributed by atoms with Gasteiger partial charge in [-0.3, -0.25) is 4.98 Å². The van der Waals surface area contributed by atoms with E-state index in [9.17, 15) is 0 Å². The van der Waals surface area contributed by atoms with Crippen LogP contribution in [-0.4, -0.2) is 32.2 Å². The zero-order valence-electron chi connectivity index (χ0n) is 12.5. The van der Waals surface area contributed by atoms with Gasteiger partial charge in [0.1, 0.15) is 17.9 Å². The van der Waals surface area contributed by atoms with Crippen molar-refractivity contribution >= 4 is 16.6 Å². The number of hydrogen-bond donors (Lipinski definition) is 1. The van der Waals surface area contributed by atoms with Crippen molar-refractivity contribution in [1.82, 2.24) is 19.6 Å². The topological polar surface area (TPSA) is 91.5 Å². The normalized spacial score (nSPS) is 12.8. The Kier molecular flexibility index (Phi) is 3.20. The SMILES string of the molecule is C[C@@H](N)COc1ccc2ncc(-c3cc4cnccc4o3)n2n1. The molecule has 0 unspecified atom stereocenters. The van der Waals surface area contributed by atoms with Crippen LogP contribution in [0.5, 0.6) is 5.88 Å². The predicted molar refractivity (Wildman–Crippen MR) is 85.1 cm³/mol. The highest BCUT2D eigenvalue weighted by Gasteiger charge is 2.13. The summed E-state index contributed by atoms with van der Waals surface area (Å²) >= 11 is 0. The molecule has 7 nitrogen and oxygen atoms in total. The molecule has 2 N–H and O–H groups in total. The molecule has 4 heterocycles.